The summed E-state index contributed by atoms with van der Waals surface area (Å²) in [5.41, 5.74) is 17.7. The van der Waals surface area contributed by atoms with E-state index in [-0.39, 0.29) is 41.1 Å². The topological polar surface area (TPSA) is 0 Å². The van der Waals surface area contributed by atoms with E-state index in [1.54, 1.807) is 28.8 Å². The van der Waals surface area contributed by atoms with Gasteiger partial charge in [0.25, 0.3) is 0 Å². The van der Waals surface area contributed by atoms with Gasteiger partial charge in [-0.25, -0.2) is 0 Å². The molecule has 0 N–H and O–H groups in total. The Morgan fingerprint density at radius 1 is 0.540 bits per heavy atom. The van der Waals surface area contributed by atoms with Gasteiger partial charge in [-0.2, -0.15) is 0 Å². The number of fused-ring (bicyclic) bond motifs is 3. The molecule has 0 fully saturated rings. The second kappa shape index (κ2) is 14.6. The molecule has 0 bridgehead atoms. The monoisotopic (exact) mass is 780 g/mol. The minimum atomic E-state index is -2.95. The Hall–Kier alpha value is -2.31. The molecule has 0 heterocycles. The van der Waals surface area contributed by atoms with Crippen molar-refractivity contribution in [2.45, 2.75) is 104 Å². The van der Waals surface area contributed by atoms with Crippen molar-refractivity contribution >= 4 is 3.21 Å². The van der Waals surface area contributed by atoms with Crippen LogP contribution >= 0.6 is 0 Å². The molecule has 3 heteroatoms. The van der Waals surface area contributed by atoms with Crippen LogP contribution in [0.1, 0.15) is 124 Å². The van der Waals surface area contributed by atoms with E-state index in [0.29, 0.717) is 9.54 Å². The van der Waals surface area contributed by atoms with Crippen molar-refractivity contribution in [3.63, 3.8) is 0 Å². The average molecular weight is 783 g/mol. The molecule has 0 saturated carbocycles. The smallest absolute Gasteiger partial charge is 1.00 e. The minimum absolute atomic E-state index is 0. The summed E-state index contributed by atoms with van der Waals surface area (Å²) >= 11 is -2.95. The first kappa shape index (κ1) is 40.5. The number of hydrogen-bond acceptors (Lipinski definition) is 0. The summed E-state index contributed by atoms with van der Waals surface area (Å²) in [4.78, 5) is 0. The van der Waals surface area contributed by atoms with Crippen molar-refractivity contribution in [3.05, 3.63) is 150 Å². The third kappa shape index (κ3) is 7.59. The van der Waals surface area contributed by atoms with Crippen LogP contribution in [0.3, 0.4) is 0 Å². The van der Waals surface area contributed by atoms with Crippen LogP contribution < -0.4 is 24.8 Å². The molecule has 0 aromatic heterocycles. The molecule has 2 aliphatic rings. The fraction of sp³-hybridized carbons (Fsp3) is 0.383. The zero-order chi connectivity index (χ0) is 34.9. The fourth-order valence-electron chi connectivity index (χ4n) is 8.06. The van der Waals surface area contributed by atoms with Gasteiger partial charge in [-0.3, -0.25) is 0 Å². The molecule has 0 nitrogen and oxygen atoms in total. The van der Waals surface area contributed by atoms with E-state index < -0.39 is 21.3 Å². The van der Waals surface area contributed by atoms with Crippen LogP contribution in [0.25, 0.3) is 11.1 Å². The Bertz CT molecular complexity index is 1870. The number of rotatable bonds is 4. The van der Waals surface area contributed by atoms with E-state index in [1.165, 1.54) is 44.5 Å². The second-order valence-corrected chi connectivity index (χ2v) is 23.7. The van der Waals surface area contributed by atoms with Gasteiger partial charge in [0.05, 0.1) is 0 Å². The minimum Gasteiger partial charge on any atom is -1.00 e. The molecule has 2 aliphatic carbocycles. The molecule has 0 saturated heterocycles. The summed E-state index contributed by atoms with van der Waals surface area (Å²) in [6, 6.07) is 34.0. The summed E-state index contributed by atoms with van der Waals surface area (Å²) < 4.78 is 3.78. The van der Waals surface area contributed by atoms with E-state index >= 15 is 0 Å². The number of benzene rings is 4. The van der Waals surface area contributed by atoms with E-state index in [0.717, 1.165) is 0 Å². The summed E-state index contributed by atoms with van der Waals surface area (Å²) in [5, 5.41) is 0. The first-order chi connectivity index (χ1) is 22.4. The first-order valence-electron chi connectivity index (χ1n) is 18.0. The largest absolute Gasteiger partial charge is 1.00 e. The quantitative estimate of drug-likeness (QED) is 0.215. The van der Waals surface area contributed by atoms with Crippen LogP contribution in [-0.4, -0.2) is 3.21 Å². The van der Waals surface area contributed by atoms with E-state index in [2.05, 4.69) is 181 Å². The van der Waals surface area contributed by atoms with Crippen LogP contribution in [0, 0.1) is 25.2 Å². The average Bonchev–Trinajstić information content (AvgIpc) is 3.49. The zero-order valence-electron chi connectivity index (χ0n) is 32.6. The van der Waals surface area contributed by atoms with Crippen molar-refractivity contribution in [2.75, 3.05) is 0 Å². The molecular formula is C47H56Cl2Zr. The van der Waals surface area contributed by atoms with Gasteiger partial charge in [0.15, 0.2) is 0 Å². The van der Waals surface area contributed by atoms with Crippen molar-refractivity contribution in [1.82, 2.24) is 0 Å². The predicted octanol–water partition coefficient (Wildman–Crippen LogP) is 6.76. The van der Waals surface area contributed by atoms with Crippen molar-refractivity contribution in [1.29, 1.82) is 0 Å². The molecule has 0 aliphatic heterocycles. The van der Waals surface area contributed by atoms with Crippen LogP contribution in [0.15, 0.2) is 105 Å². The van der Waals surface area contributed by atoms with Gasteiger partial charge >= 0.3 is 301 Å². The number of hydrogen-bond donors (Lipinski definition) is 0. The van der Waals surface area contributed by atoms with Crippen LogP contribution in [0.5, 0.6) is 0 Å². The molecular weight excluding hydrogens is 727 g/mol. The van der Waals surface area contributed by atoms with Gasteiger partial charge in [-0.15, -0.1) is 0 Å². The fourth-order valence-corrected chi connectivity index (χ4v) is 18.0. The van der Waals surface area contributed by atoms with Crippen molar-refractivity contribution in [2.24, 2.45) is 11.3 Å². The van der Waals surface area contributed by atoms with Crippen LogP contribution in [0.4, 0.5) is 0 Å². The van der Waals surface area contributed by atoms with Gasteiger partial charge < -0.3 is 24.8 Å². The van der Waals surface area contributed by atoms with Gasteiger partial charge in [0.1, 0.15) is 0 Å². The Labute approximate surface area is 323 Å². The number of aryl methyl sites for hydroxylation is 2. The molecule has 4 aromatic carbocycles. The molecule has 262 valence electrons. The molecule has 1 unspecified atom stereocenters. The van der Waals surface area contributed by atoms with Crippen molar-refractivity contribution < 1.29 is 46.1 Å². The molecule has 0 radical (unpaired) electrons. The number of halogens is 2. The molecule has 0 amide bonds. The molecule has 4 aromatic rings. The summed E-state index contributed by atoms with van der Waals surface area (Å²) in [6.07, 6.45) is 2.63. The summed E-state index contributed by atoms with van der Waals surface area (Å²) in [7, 11) is 0. The normalized spacial score (nSPS) is 15.8. The van der Waals surface area contributed by atoms with Crippen LogP contribution in [0.2, 0.25) is 0 Å². The number of allylic oxidation sites excluding steroid dienone is 4. The maximum atomic E-state index is 2.63. The third-order valence-corrected chi connectivity index (χ3v) is 19.9. The van der Waals surface area contributed by atoms with Gasteiger partial charge in [-0.1, -0.05) is 0 Å². The van der Waals surface area contributed by atoms with Crippen LogP contribution in [-0.2, 0) is 32.1 Å². The summed E-state index contributed by atoms with van der Waals surface area (Å²) in [6.45, 7) is 30.8. The molecule has 1 atom stereocenters. The predicted molar refractivity (Wildman–Crippen MR) is 206 cm³/mol. The van der Waals surface area contributed by atoms with E-state index in [9.17, 15) is 0 Å². The maximum absolute atomic E-state index is 2.95. The molecule has 6 rings (SSSR count). The Morgan fingerprint density at radius 2 is 0.940 bits per heavy atom. The SMILES string of the molecule is CC1=[C]([Zr+2](=[C](c2ccc(C)cc2)c2ccc(C)cc2)[CH]2c3cc(C(C)(C)C)ccc3-c3ccc(C(C)(C)C)cc32)C(C)C=C1C(C)(C)C.[Cl-].[Cl-]. The van der Waals surface area contributed by atoms with Crippen molar-refractivity contribution in [3.8, 4) is 11.1 Å². The zero-order valence-corrected chi connectivity index (χ0v) is 36.5. The first-order valence-corrected chi connectivity index (χ1v) is 21.9. The van der Waals surface area contributed by atoms with Gasteiger partial charge in [0.2, 0.25) is 0 Å². The third-order valence-electron chi connectivity index (χ3n) is 10.8. The van der Waals surface area contributed by atoms with Gasteiger partial charge in [-0.05, 0) is 0 Å². The standard InChI is InChI=1S/C21H25.C15H14.C11H17.2ClH.Zr/c1-20(2,3)16-7-9-18-14(12-16)11-15-13-17(21(4,5)6)8-10-19(15)18;1-12-3-7-14(8-4-12)11-15-9-5-13(2)6-10-15;1-8-6-9(2)10(7-8)11(3,4)5;;;/h7-13H,1-6H3;3-10H,1-2H3;7-8H,1-5H3;2*1H;/q;;;;;+2/p-2. The Kier molecular flexibility index (Phi) is 11.8. The second-order valence-electron chi connectivity index (χ2n) is 17.7. The van der Waals surface area contributed by atoms with E-state index in [4.69, 9.17) is 0 Å². The summed E-state index contributed by atoms with van der Waals surface area (Å²) in [5.74, 6) is 0.420. The van der Waals surface area contributed by atoms with E-state index in [1.807, 2.05) is 0 Å². The maximum Gasteiger partial charge on any atom is -1.00 e. The Morgan fingerprint density at radius 3 is 1.28 bits per heavy atom. The Balaban J connectivity index is 0.00000281. The van der Waals surface area contributed by atoms with Gasteiger partial charge in [0, 0.05) is 0 Å². The molecule has 50 heavy (non-hydrogen) atoms. The molecule has 0 spiro atoms.